The first-order chi connectivity index (χ1) is 10.5. The molecule has 0 unspecified atom stereocenters. The minimum atomic E-state index is -4.90. The molecule has 0 aromatic heterocycles. The smallest absolute Gasteiger partial charge is 0.355 e. The van der Waals surface area contributed by atoms with E-state index in [-0.39, 0.29) is 5.02 Å². The highest BCUT2D eigenvalue weighted by Gasteiger charge is 2.38. The van der Waals surface area contributed by atoms with E-state index in [9.17, 15) is 26.4 Å². The molecule has 0 aliphatic heterocycles. The molecule has 23 heavy (non-hydrogen) atoms. The van der Waals surface area contributed by atoms with Crippen molar-refractivity contribution in [3.63, 3.8) is 0 Å². The van der Waals surface area contributed by atoms with Gasteiger partial charge in [-0.25, -0.2) is 8.42 Å². The van der Waals surface area contributed by atoms with Crippen molar-refractivity contribution in [1.82, 2.24) is 10.0 Å². The summed E-state index contributed by atoms with van der Waals surface area (Å²) in [5, 5.41) is 2.21. The molecule has 0 saturated carbocycles. The third-order valence-corrected chi connectivity index (χ3v) is 4.64. The van der Waals surface area contributed by atoms with Crippen molar-refractivity contribution in [3.05, 3.63) is 28.8 Å². The largest absolute Gasteiger partial charge is 0.417 e. The van der Waals surface area contributed by atoms with E-state index in [1.807, 2.05) is 4.72 Å². The Morgan fingerprint density at radius 2 is 1.96 bits per heavy atom. The molecule has 10 heteroatoms. The SMILES string of the molecule is CCCNC(=O)[C@@H](C)NS(=O)(=O)c1ccc(Cl)cc1C(F)(F)F. The zero-order valence-electron chi connectivity index (χ0n) is 12.4. The van der Waals surface area contributed by atoms with Gasteiger partial charge >= 0.3 is 6.18 Å². The molecular weight excluding hydrogens is 357 g/mol. The molecule has 1 rings (SSSR count). The van der Waals surface area contributed by atoms with Gasteiger partial charge in [-0.3, -0.25) is 4.79 Å². The third-order valence-electron chi connectivity index (χ3n) is 2.81. The Labute approximate surface area is 137 Å². The molecular formula is C13H16ClF3N2O3S. The van der Waals surface area contributed by atoms with Crippen molar-refractivity contribution in [2.24, 2.45) is 0 Å². The molecule has 1 aromatic rings. The highest BCUT2D eigenvalue weighted by Crippen LogP contribution is 2.35. The van der Waals surface area contributed by atoms with Crippen LogP contribution in [0.3, 0.4) is 0 Å². The Balaban J connectivity index is 3.12. The van der Waals surface area contributed by atoms with E-state index in [1.165, 1.54) is 6.92 Å². The number of rotatable bonds is 6. The average molecular weight is 373 g/mol. The van der Waals surface area contributed by atoms with Crippen LogP contribution in [-0.2, 0) is 21.0 Å². The maximum Gasteiger partial charge on any atom is 0.417 e. The standard InChI is InChI=1S/C13H16ClF3N2O3S/c1-3-6-18-12(20)8(2)19-23(21,22)11-5-4-9(14)7-10(11)13(15,16)17/h4-5,7-8,19H,3,6H2,1-2H3,(H,18,20)/t8-/m1/s1. The molecule has 130 valence electrons. The first-order valence-electron chi connectivity index (χ1n) is 6.66. The lowest BCUT2D eigenvalue weighted by Crippen LogP contribution is -2.45. The normalized spacial score (nSPS) is 13.7. The van der Waals surface area contributed by atoms with E-state index in [1.54, 1.807) is 6.92 Å². The Kier molecular flexibility index (Phi) is 6.43. The van der Waals surface area contributed by atoms with Gasteiger partial charge < -0.3 is 5.32 Å². The Hall–Kier alpha value is -1.32. The minimum absolute atomic E-state index is 0.245. The van der Waals surface area contributed by atoms with Crippen LogP contribution in [0, 0.1) is 0 Å². The summed E-state index contributed by atoms with van der Waals surface area (Å²) < 4.78 is 65.2. The van der Waals surface area contributed by atoms with Crippen LogP contribution >= 0.6 is 11.6 Å². The molecule has 2 N–H and O–H groups in total. The van der Waals surface area contributed by atoms with Gasteiger partial charge in [-0.15, -0.1) is 0 Å². The van der Waals surface area contributed by atoms with Gasteiger partial charge in [0.05, 0.1) is 16.5 Å². The first-order valence-corrected chi connectivity index (χ1v) is 8.52. The number of nitrogens with one attached hydrogen (secondary N) is 2. The zero-order chi connectivity index (χ0) is 17.8. The summed E-state index contributed by atoms with van der Waals surface area (Å²) in [7, 11) is -4.55. The van der Waals surface area contributed by atoms with Crippen molar-refractivity contribution in [2.45, 2.75) is 37.4 Å². The number of alkyl halides is 3. The first kappa shape index (κ1) is 19.7. The lowest BCUT2D eigenvalue weighted by molar-refractivity contribution is -0.139. The Bertz CT molecular complexity index is 678. The van der Waals surface area contributed by atoms with Crippen molar-refractivity contribution in [3.8, 4) is 0 Å². The molecule has 0 bridgehead atoms. The summed E-state index contributed by atoms with van der Waals surface area (Å²) in [5.41, 5.74) is -1.39. The lowest BCUT2D eigenvalue weighted by Gasteiger charge is -2.17. The second-order valence-electron chi connectivity index (χ2n) is 4.77. The van der Waals surface area contributed by atoms with Crippen LogP contribution in [0.5, 0.6) is 0 Å². The van der Waals surface area contributed by atoms with Crippen molar-refractivity contribution < 1.29 is 26.4 Å². The zero-order valence-corrected chi connectivity index (χ0v) is 13.9. The van der Waals surface area contributed by atoms with Gasteiger partial charge in [-0.2, -0.15) is 17.9 Å². The van der Waals surface area contributed by atoms with E-state index in [0.717, 1.165) is 12.1 Å². The molecule has 1 aromatic carbocycles. The van der Waals surface area contributed by atoms with E-state index >= 15 is 0 Å². The monoisotopic (exact) mass is 372 g/mol. The number of benzene rings is 1. The molecule has 0 heterocycles. The summed E-state index contributed by atoms with van der Waals surface area (Å²) >= 11 is 5.51. The molecule has 0 saturated heterocycles. The van der Waals surface area contributed by atoms with E-state index < -0.39 is 38.6 Å². The minimum Gasteiger partial charge on any atom is -0.355 e. The highest BCUT2D eigenvalue weighted by molar-refractivity contribution is 7.89. The topological polar surface area (TPSA) is 75.3 Å². The van der Waals surface area contributed by atoms with Crippen LogP contribution in [0.2, 0.25) is 5.02 Å². The number of carbonyl (C=O) groups excluding carboxylic acids is 1. The number of carbonyl (C=O) groups is 1. The van der Waals surface area contributed by atoms with Gasteiger partial charge in [0.1, 0.15) is 0 Å². The second-order valence-corrected chi connectivity index (χ2v) is 6.89. The molecule has 0 fully saturated rings. The summed E-state index contributed by atoms with van der Waals surface area (Å²) in [6.07, 6.45) is -4.26. The predicted molar refractivity (Wildman–Crippen MR) is 79.5 cm³/mol. The van der Waals surface area contributed by atoms with Crippen LogP contribution in [-0.4, -0.2) is 26.9 Å². The molecule has 5 nitrogen and oxygen atoms in total. The number of hydrogen-bond acceptors (Lipinski definition) is 3. The van der Waals surface area contributed by atoms with Crippen molar-refractivity contribution >= 4 is 27.5 Å². The lowest BCUT2D eigenvalue weighted by atomic mass is 10.2. The fraction of sp³-hybridized carbons (Fsp3) is 0.462. The van der Waals surface area contributed by atoms with Crippen molar-refractivity contribution in [2.75, 3.05) is 6.54 Å². The van der Waals surface area contributed by atoms with E-state index in [2.05, 4.69) is 5.32 Å². The quantitative estimate of drug-likeness (QED) is 0.805. The maximum atomic E-state index is 13.0. The maximum absolute atomic E-state index is 13.0. The van der Waals surface area contributed by atoms with Gasteiger partial charge in [-0.1, -0.05) is 18.5 Å². The number of sulfonamides is 1. The number of amides is 1. The van der Waals surface area contributed by atoms with Crippen LogP contribution in [0.4, 0.5) is 13.2 Å². The number of hydrogen-bond donors (Lipinski definition) is 2. The fourth-order valence-corrected chi connectivity index (χ4v) is 3.29. The summed E-state index contributed by atoms with van der Waals surface area (Å²) in [4.78, 5) is 10.7. The van der Waals surface area contributed by atoms with E-state index in [0.29, 0.717) is 19.0 Å². The average Bonchev–Trinajstić information content (AvgIpc) is 2.42. The van der Waals surface area contributed by atoms with Gasteiger partial charge in [0, 0.05) is 11.6 Å². The second kappa shape index (κ2) is 7.50. The third kappa shape index (κ3) is 5.36. The molecule has 0 aliphatic carbocycles. The summed E-state index contributed by atoms with van der Waals surface area (Å²) in [6.45, 7) is 3.38. The predicted octanol–water partition coefficient (Wildman–Crippen LogP) is 2.55. The van der Waals surface area contributed by atoms with Crippen LogP contribution < -0.4 is 10.0 Å². The Morgan fingerprint density at radius 1 is 1.35 bits per heavy atom. The van der Waals surface area contributed by atoms with Gasteiger partial charge in [-0.05, 0) is 31.5 Å². The van der Waals surface area contributed by atoms with E-state index in [4.69, 9.17) is 11.6 Å². The van der Waals surface area contributed by atoms with Gasteiger partial charge in [0.15, 0.2) is 0 Å². The van der Waals surface area contributed by atoms with Gasteiger partial charge in [0.2, 0.25) is 15.9 Å². The number of halogens is 4. The fourth-order valence-electron chi connectivity index (χ4n) is 1.71. The van der Waals surface area contributed by atoms with Crippen LogP contribution in [0.1, 0.15) is 25.8 Å². The molecule has 0 aliphatic rings. The highest BCUT2D eigenvalue weighted by atomic mass is 35.5. The van der Waals surface area contributed by atoms with Crippen molar-refractivity contribution in [1.29, 1.82) is 0 Å². The van der Waals surface area contributed by atoms with Crippen LogP contribution in [0.15, 0.2) is 23.1 Å². The molecule has 1 atom stereocenters. The van der Waals surface area contributed by atoms with Crippen LogP contribution in [0.25, 0.3) is 0 Å². The summed E-state index contributed by atoms with van der Waals surface area (Å²) in [6, 6.07) is 1.10. The molecule has 0 spiro atoms. The van der Waals surface area contributed by atoms with Gasteiger partial charge in [0.25, 0.3) is 0 Å². The Morgan fingerprint density at radius 3 is 2.48 bits per heavy atom. The summed E-state index contributed by atoms with van der Waals surface area (Å²) in [5.74, 6) is -0.627. The molecule has 0 radical (unpaired) electrons. The molecule has 1 amide bonds.